The van der Waals surface area contributed by atoms with Crippen molar-refractivity contribution in [3.05, 3.63) is 12.7 Å². The molecule has 0 spiro atoms. The predicted octanol–water partition coefficient (Wildman–Crippen LogP) is 2.18. The average molecular weight is 545 g/mol. The Morgan fingerprint density at radius 1 is 1.13 bits per heavy atom. The molecule has 39 heavy (non-hydrogen) atoms. The van der Waals surface area contributed by atoms with E-state index in [2.05, 4.69) is 28.4 Å². The number of nitrogens with one attached hydrogen (secondary N) is 3. The minimum absolute atomic E-state index is 0.0750. The van der Waals surface area contributed by atoms with Gasteiger partial charge in [0, 0.05) is 19.5 Å². The van der Waals surface area contributed by atoms with E-state index in [0.29, 0.717) is 6.54 Å². The highest BCUT2D eigenvalue weighted by atomic mass is 16.6. The van der Waals surface area contributed by atoms with E-state index < -0.39 is 58.7 Å². The highest BCUT2D eigenvalue weighted by molar-refractivity contribution is 6.38. The van der Waals surface area contributed by atoms with Gasteiger partial charge in [-0.1, -0.05) is 40.7 Å². The zero-order valence-electron chi connectivity index (χ0n) is 24.5. The van der Waals surface area contributed by atoms with Crippen LogP contribution in [0.2, 0.25) is 0 Å². The maximum atomic E-state index is 13.9. The van der Waals surface area contributed by atoms with Gasteiger partial charge in [-0.15, -0.1) is 18.9 Å². The van der Waals surface area contributed by atoms with Gasteiger partial charge in [0.25, 0.3) is 5.91 Å². The van der Waals surface area contributed by atoms with E-state index in [1.54, 1.807) is 20.8 Å². The Balaban J connectivity index is 2.32. The van der Waals surface area contributed by atoms with Gasteiger partial charge in [0.2, 0.25) is 17.6 Å². The van der Waals surface area contributed by atoms with Crippen molar-refractivity contribution in [3.8, 4) is 12.3 Å². The number of hydrogen-bond acceptors (Lipinski definition) is 6. The fraction of sp³-hybridized carbons (Fsp3) is 0.690. The van der Waals surface area contributed by atoms with Gasteiger partial charge in [-0.25, -0.2) is 4.79 Å². The lowest BCUT2D eigenvalue weighted by Crippen LogP contribution is -2.60. The van der Waals surface area contributed by atoms with Gasteiger partial charge < -0.3 is 25.6 Å². The van der Waals surface area contributed by atoms with Crippen LogP contribution in [0.1, 0.15) is 68.2 Å². The summed E-state index contributed by atoms with van der Waals surface area (Å²) in [5.41, 5.74) is -1.63. The van der Waals surface area contributed by atoms with Crippen molar-refractivity contribution in [1.29, 1.82) is 0 Å². The molecular formula is C29H44N4O6. The number of rotatable bonds is 10. The van der Waals surface area contributed by atoms with E-state index in [-0.39, 0.29) is 36.6 Å². The fourth-order valence-corrected chi connectivity index (χ4v) is 5.22. The molecular weight excluding hydrogens is 500 g/mol. The standard InChI is InChI=1S/C29H44N4O6/c1-11-13-14-18(21(34)24(36)30-15-12-2)31-23(35)20-19-17(29(19,9)10)16-33(20)25(37)22(27(3,4)5)32-26(38)39-28(6,7)8/h1,12,17-20,22H,2,13-16H2,3-10H3,(H,30,36)(H,31,35)(H,32,38)/t17?,18?,19-,20-,22+/m0/s1. The number of alkyl carbamates (subject to hydrolysis) is 1. The zero-order valence-corrected chi connectivity index (χ0v) is 24.5. The molecule has 1 saturated heterocycles. The maximum Gasteiger partial charge on any atom is 0.408 e. The van der Waals surface area contributed by atoms with Gasteiger partial charge >= 0.3 is 6.09 Å². The normalized spacial score (nSPS) is 22.8. The highest BCUT2D eigenvalue weighted by Gasteiger charge is 2.70. The zero-order chi connectivity index (χ0) is 29.9. The van der Waals surface area contributed by atoms with E-state index in [1.165, 1.54) is 11.0 Å². The SMILES string of the molecule is C#CCCC(NC(=O)[C@@H]1[C@@H]2C(CN1C(=O)[C@@H](NC(=O)OC(C)(C)C)C(C)(C)C)C2(C)C)C(=O)C(=O)NCC=C. The van der Waals surface area contributed by atoms with Crippen LogP contribution in [0.4, 0.5) is 4.79 Å². The Morgan fingerprint density at radius 2 is 1.74 bits per heavy atom. The molecule has 1 saturated carbocycles. The number of amides is 4. The molecule has 1 heterocycles. The van der Waals surface area contributed by atoms with E-state index in [9.17, 15) is 24.0 Å². The van der Waals surface area contributed by atoms with Crippen molar-refractivity contribution in [2.24, 2.45) is 22.7 Å². The van der Waals surface area contributed by atoms with Crippen molar-refractivity contribution < 1.29 is 28.7 Å². The minimum Gasteiger partial charge on any atom is -0.444 e. The Morgan fingerprint density at radius 3 is 2.26 bits per heavy atom. The predicted molar refractivity (Wildman–Crippen MR) is 147 cm³/mol. The van der Waals surface area contributed by atoms with Crippen molar-refractivity contribution in [3.63, 3.8) is 0 Å². The quantitative estimate of drug-likeness (QED) is 0.219. The molecule has 216 valence electrons. The second kappa shape index (κ2) is 11.8. The van der Waals surface area contributed by atoms with Crippen LogP contribution >= 0.6 is 0 Å². The molecule has 4 amide bonds. The lowest BCUT2D eigenvalue weighted by atomic mass is 9.85. The molecule has 0 aromatic heterocycles. The lowest BCUT2D eigenvalue weighted by Gasteiger charge is -2.38. The number of carbonyl (C=O) groups is 5. The fourth-order valence-electron chi connectivity index (χ4n) is 5.22. The third-order valence-electron chi connectivity index (χ3n) is 7.38. The smallest absolute Gasteiger partial charge is 0.408 e. The topological polar surface area (TPSA) is 134 Å². The number of terminal acetylenes is 1. The molecule has 10 heteroatoms. The molecule has 1 aliphatic heterocycles. The van der Waals surface area contributed by atoms with E-state index in [1.807, 2.05) is 34.6 Å². The summed E-state index contributed by atoms with van der Waals surface area (Å²) in [6.07, 6.45) is 6.33. The Labute approximate surface area is 232 Å². The summed E-state index contributed by atoms with van der Waals surface area (Å²) >= 11 is 0. The van der Waals surface area contributed by atoms with Gasteiger partial charge in [0.1, 0.15) is 17.7 Å². The summed E-state index contributed by atoms with van der Waals surface area (Å²) in [5.74, 6) is -0.235. The van der Waals surface area contributed by atoms with Gasteiger partial charge in [-0.05, 0) is 49.9 Å². The number of likely N-dealkylation sites (tertiary alicyclic amines) is 1. The molecule has 0 bridgehead atoms. The number of carbonyl (C=O) groups excluding carboxylic acids is 5. The summed E-state index contributed by atoms with van der Waals surface area (Å²) in [4.78, 5) is 66.9. The molecule has 2 aliphatic rings. The Kier molecular flexibility index (Phi) is 9.65. The number of hydrogen-bond donors (Lipinski definition) is 3. The third kappa shape index (κ3) is 7.61. The molecule has 0 radical (unpaired) electrons. The molecule has 0 aromatic rings. The van der Waals surface area contributed by atoms with Crippen LogP contribution in [-0.2, 0) is 23.9 Å². The number of fused-ring (bicyclic) bond motifs is 1. The number of Topliss-reactive ketones (excluding diaryl/α,β-unsaturated/α-hetero) is 1. The van der Waals surface area contributed by atoms with Crippen LogP contribution in [0.3, 0.4) is 0 Å². The van der Waals surface area contributed by atoms with Crippen LogP contribution in [-0.4, -0.2) is 71.3 Å². The Hall–Kier alpha value is -3.35. The van der Waals surface area contributed by atoms with Crippen LogP contribution in [0, 0.1) is 35.0 Å². The van der Waals surface area contributed by atoms with Gasteiger partial charge in [0.15, 0.2) is 0 Å². The van der Waals surface area contributed by atoms with Crippen molar-refractivity contribution >= 4 is 29.6 Å². The van der Waals surface area contributed by atoms with E-state index in [4.69, 9.17) is 11.2 Å². The molecule has 2 rings (SSSR count). The molecule has 2 unspecified atom stereocenters. The van der Waals surface area contributed by atoms with Crippen molar-refractivity contribution in [2.75, 3.05) is 13.1 Å². The second-order valence-electron chi connectivity index (χ2n) is 13.0. The van der Waals surface area contributed by atoms with E-state index >= 15 is 0 Å². The summed E-state index contributed by atoms with van der Waals surface area (Å²) in [6, 6.07) is -2.98. The third-order valence-corrected chi connectivity index (χ3v) is 7.38. The first-order valence-corrected chi connectivity index (χ1v) is 13.3. The van der Waals surface area contributed by atoms with E-state index in [0.717, 1.165) is 0 Å². The Bertz CT molecular complexity index is 1050. The average Bonchev–Trinajstić information content (AvgIpc) is 3.14. The first-order valence-electron chi connectivity index (χ1n) is 13.3. The van der Waals surface area contributed by atoms with Crippen LogP contribution in [0.25, 0.3) is 0 Å². The van der Waals surface area contributed by atoms with Gasteiger partial charge in [-0.2, -0.15) is 0 Å². The minimum atomic E-state index is -1.14. The molecule has 10 nitrogen and oxygen atoms in total. The number of ether oxygens (including phenoxy) is 1. The maximum absolute atomic E-state index is 13.9. The van der Waals surface area contributed by atoms with Crippen LogP contribution in [0.15, 0.2) is 12.7 Å². The van der Waals surface area contributed by atoms with Crippen LogP contribution in [0.5, 0.6) is 0 Å². The van der Waals surface area contributed by atoms with Gasteiger partial charge in [-0.3, -0.25) is 19.2 Å². The van der Waals surface area contributed by atoms with Crippen LogP contribution < -0.4 is 16.0 Å². The molecule has 1 aliphatic carbocycles. The van der Waals surface area contributed by atoms with Crippen molar-refractivity contribution in [1.82, 2.24) is 20.9 Å². The number of ketones is 1. The number of piperidine rings is 1. The molecule has 2 fully saturated rings. The summed E-state index contributed by atoms with van der Waals surface area (Å²) in [7, 11) is 0. The molecule has 5 atom stereocenters. The summed E-state index contributed by atoms with van der Waals surface area (Å²) < 4.78 is 5.38. The monoisotopic (exact) mass is 544 g/mol. The van der Waals surface area contributed by atoms with Gasteiger partial charge in [0.05, 0.1) is 6.04 Å². The molecule has 0 aromatic carbocycles. The van der Waals surface area contributed by atoms with Crippen molar-refractivity contribution in [2.45, 2.75) is 92.0 Å². The largest absolute Gasteiger partial charge is 0.444 e. The number of nitrogens with zero attached hydrogens (tertiary/aromatic N) is 1. The lowest BCUT2D eigenvalue weighted by molar-refractivity contribution is -0.145. The second-order valence-corrected chi connectivity index (χ2v) is 13.0. The summed E-state index contributed by atoms with van der Waals surface area (Å²) in [6.45, 7) is 18.7. The summed E-state index contributed by atoms with van der Waals surface area (Å²) in [5, 5.41) is 7.83. The first kappa shape index (κ1) is 31.9. The first-order chi connectivity index (χ1) is 17.9. The molecule has 3 N–H and O–H groups in total. The highest BCUT2D eigenvalue weighted by Crippen LogP contribution is 2.65.